The van der Waals surface area contributed by atoms with Crippen molar-refractivity contribution in [3.63, 3.8) is 0 Å². The van der Waals surface area contributed by atoms with Crippen molar-refractivity contribution in [2.24, 2.45) is 0 Å². The van der Waals surface area contributed by atoms with Crippen molar-refractivity contribution in [1.82, 2.24) is 0 Å². The van der Waals surface area contributed by atoms with Crippen LogP contribution in [0.1, 0.15) is 12.0 Å². The molecule has 1 aliphatic rings. The summed E-state index contributed by atoms with van der Waals surface area (Å²) in [6, 6.07) is 11.1. The molecule has 0 saturated heterocycles. The third-order valence-corrected chi connectivity index (χ3v) is 3.60. The lowest BCUT2D eigenvalue weighted by Crippen LogP contribution is -2.11. The van der Waals surface area contributed by atoms with Crippen LogP contribution in [0.4, 0.5) is 10.1 Å². The molecule has 0 radical (unpaired) electrons. The maximum atomic E-state index is 13.5. The molecule has 92 valence electrons. The quantitative estimate of drug-likeness (QED) is 0.797. The zero-order valence-corrected chi connectivity index (χ0v) is 10.6. The van der Waals surface area contributed by atoms with Gasteiger partial charge in [-0.1, -0.05) is 23.7 Å². The number of nitrogens with one attached hydrogen (secondary N) is 1. The minimum absolute atomic E-state index is 0.165. The number of benzene rings is 2. The highest BCUT2D eigenvalue weighted by molar-refractivity contribution is 6.30. The van der Waals surface area contributed by atoms with E-state index < -0.39 is 0 Å². The largest absolute Gasteiger partial charge is 0.385 e. The molecule has 3 heteroatoms. The number of hydrogen-bond acceptors (Lipinski definition) is 1. The summed E-state index contributed by atoms with van der Waals surface area (Å²) < 4.78 is 13.5. The molecule has 0 aliphatic carbocycles. The first-order valence-corrected chi connectivity index (χ1v) is 6.44. The van der Waals surface area contributed by atoms with Gasteiger partial charge in [0.25, 0.3) is 0 Å². The van der Waals surface area contributed by atoms with E-state index in [-0.39, 0.29) is 10.8 Å². The van der Waals surface area contributed by atoms with Crippen LogP contribution < -0.4 is 5.32 Å². The van der Waals surface area contributed by atoms with Gasteiger partial charge in [0.05, 0.1) is 5.02 Å². The van der Waals surface area contributed by atoms with Crippen molar-refractivity contribution in [3.8, 4) is 11.1 Å². The van der Waals surface area contributed by atoms with Crippen LogP contribution in [0.3, 0.4) is 0 Å². The third-order valence-electron chi connectivity index (χ3n) is 3.30. The van der Waals surface area contributed by atoms with Gasteiger partial charge in [0.1, 0.15) is 5.82 Å². The van der Waals surface area contributed by atoms with Crippen molar-refractivity contribution in [3.05, 3.63) is 52.8 Å². The third kappa shape index (κ3) is 2.08. The van der Waals surface area contributed by atoms with Crippen LogP contribution in [-0.2, 0) is 6.42 Å². The smallest absolute Gasteiger partial charge is 0.142 e. The minimum atomic E-state index is -0.370. The molecule has 0 atom stereocenters. The maximum Gasteiger partial charge on any atom is 0.142 e. The van der Waals surface area contributed by atoms with Gasteiger partial charge in [-0.15, -0.1) is 0 Å². The predicted molar refractivity (Wildman–Crippen MR) is 73.7 cm³/mol. The van der Waals surface area contributed by atoms with Crippen molar-refractivity contribution < 1.29 is 4.39 Å². The molecule has 1 aliphatic heterocycles. The average molecular weight is 262 g/mol. The summed E-state index contributed by atoms with van der Waals surface area (Å²) in [6.45, 7) is 1.03. The van der Waals surface area contributed by atoms with E-state index in [0.29, 0.717) is 0 Å². The van der Waals surface area contributed by atoms with Crippen molar-refractivity contribution in [2.45, 2.75) is 12.8 Å². The van der Waals surface area contributed by atoms with E-state index in [1.165, 1.54) is 17.3 Å². The predicted octanol–water partition coefficient (Wildman–Crippen LogP) is 4.50. The molecule has 0 unspecified atom stereocenters. The summed E-state index contributed by atoms with van der Waals surface area (Å²) in [7, 11) is 0. The highest BCUT2D eigenvalue weighted by Gasteiger charge is 2.10. The second-order valence-electron chi connectivity index (χ2n) is 4.53. The Labute approximate surface area is 111 Å². The first-order chi connectivity index (χ1) is 8.74. The molecule has 0 spiro atoms. The molecule has 0 bridgehead atoms. The molecular weight excluding hydrogens is 249 g/mol. The summed E-state index contributed by atoms with van der Waals surface area (Å²) in [4.78, 5) is 0. The molecule has 1 heterocycles. The zero-order chi connectivity index (χ0) is 12.5. The molecule has 2 aromatic carbocycles. The molecule has 0 saturated carbocycles. The van der Waals surface area contributed by atoms with Gasteiger partial charge in [-0.05, 0) is 53.8 Å². The summed E-state index contributed by atoms with van der Waals surface area (Å²) in [5.41, 5.74) is 4.40. The van der Waals surface area contributed by atoms with Crippen LogP contribution in [0, 0.1) is 5.82 Å². The summed E-state index contributed by atoms with van der Waals surface area (Å²) in [5.74, 6) is -0.370. The van der Waals surface area contributed by atoms with E-state index in [9.17, 15) is 4.39 Å². The van der Waals surface area contributed by atoms with E-state index in [0.717, 1.165) is 30.5 Å². The molecule has 3 rings (SSSR count). The molecule has 2 aromatic rings. The molecule has 1 N–H and O–H groups in total. The average Bonchev–Trinajstić information content (AvgIpc) is 2.41. The van der Waals surface area contributed by atoms with Gasteiger partial charge in [0.15, 0.2) is 0 Å². The van der Waals surface area contributed by atoms with Crippen LogP contribution >= 0.6 is 11.6 Å². The van der Waals surface area contributed by atoms with Gasteiger partial charge in [-0.3, -0.25) is 0 Å². The first kappa shape index (κ1) is 11.5. The Bertz CT molecular complexity index is 595. The van der Waals surface area contributed by atoms with Crippen LogP contribution in [0.15, 0.2) is 36.4 Å². The van der Waals surface area contributed by atoms with Crippen molar-refractivity contribution >= 4 is 17.3 Å². The number of fused-ring (bicyclic) bond motifs is 1. The molecule has 0 fully saturated rings. The number of anilines is 1. The number of rotatable bonds is 1. The summed E-state index contributed by atoms with van der Waals surface area (Å²) in [5, 5.41) is 3.53. The Morgan fingerprint density at radius 3 is 2.67 bits per heavy atom. The monoisotopic (exact) mass is 261 g/mol. The number of halogens is 2. The first-order valence-electron chi connectivity index (χ1n) is 6.06. The minimum Gasteiger partial charge on any atom is -0.385 e. The van der Waals surface area contributed by atoms with Gasteiger partial charge >= 0.3 is 0 Å². The Morgan fingerprint density at radius 2 is 1.83 bits per heavy atom. The highest BCUT2D eigenvalue weighted by Crippen LogP contribution is 2.29. The lowest BCUT2D eigenvalue weighted by atomic mass is 9.97. The number of hydrogen-bond donors (Lipinski definition) is 1. The van der Waals surface area contributed by atoms with Gasteiger partial charge < -0.3 is 5.32 Å². The normalized spacial score (nSPS) is 13.9. The number of aryl methyl sites for hydroxylation is 1. The standard InChI is InChI=1S/C15H13ClFN/c16-13-5-3-11(9-14(13)17)10-4-6-15-12(8-10)2-1-7-18-15/h3-6,8-9,18H,1-2,7H2. The maximum absolute atomic E-state index is 13.5. The molecule has 18 heavy (non-hydrogen) atoms. The van der Waals surface area contributed by atoms with Gasteiger partial charge in [0, 0.05) is 12.2 Å². The zero-order valence-electron chi connectivity index (χ0n) is 9.84. The Hall–Kier alpha value is -1.54. The van der Waals surface area contributed by atoms with Gasteiger partial charge in [-0.2, -0.15) is 0 Å². The van der Waals surface area contributed by atoms with E-state index in [1.807, 2.05) is 12.1 Å². The topological polar surface area (TPSA) is 12.0 Å². The molecule has 0 amide bonds. The Balaban J connectivity index is 2.03. The van der Waals surface area contributed by atoms with Crippen LogP contribution in [0.25, 0.3) is 11.1 Å². The second kappa shape index (κ2) is 4.62. The van der Waals surface area contributed by atoms with Crippen molar-refractivity contribution in [2.75, 3.05) is 11.9 Å². The fourth-order valence-corrected chi connectivity index (χ4v) is 2.45. The molecule has 1 nitrogen and oxygen atoms in total. The van der Waals surface area contributed by atoms with Gasteiger partial charge in [0.2, 0.25) is 0 Å². The van der Waals surface area contributed by atoms with E-state index in [1.54, 1.807) is 6.07 Å². The van der Waals surface area contributed by atoms with Gasteiger partial charge in [-0.25, -0.2) is 4.39 Å². The van der Waals surface area contributed by atoms with Crippen LogP contribution in [0.2, 0.25) is 5.02 Å². The van der Waals surface area contributed by atoms with Crippen LogP contribution in [-0.4, -0.2) is 6.54 Å². The highest BCUT2D eigenvalue weighted by atomic mass is 35.5. The molecular formula is C15H13ClFN. The fourth-order valence-electron chi connectivity index (χ4n) is 2.33. The van der Waals surface area contributed by atoms with Crippen molar-refractivity contribution in [1.29, 1.82) is 0 Å². The lowest BCUT2D eigenvalue weighted by molar-refractivity contribution is 0.629. The molecule has 0 aromatic heterocycles. The SMILES string of the molecule is Fc1cc(-c2ccc3c(c2)CCCN3)ccc1Cl. The van der Waals surface area contributed by atoms with E-state index in [4.69, 9.17) is 11.6 Å². The summed E-state index contributed by atoms with van der Waals surface area (Å²) in [6.07, 6.45) is 2.22. The van der Waals surface area contributed by atoms with E-state index in [2.05, 4.69) is 17.4 Å². The second-order valence-corrected chi connectivity index (χ2v) is 4.94. The lowest BCUT2D eigenvalue weighted by Gasteiger charge is -2.18. The fraction of sp³-hybridized carbons (Fsp3) is 0.200. The summed E-state index contributed by atoms with van der Waals surface area (Å²) >= 11 is 5.70. The van der Waals surface area contributed by atoms with Crippen LogP contribution in [0.5, 0.6) is 0 Å². The Morgan fingerprint density at radius 1 is 1.06 bits per heavy atom. The van der Waals surface area contributed by atoms with E-state index >= 15 is 0 Å². The Kier molecular flexibility index (Phi) is 2.96.